The number of benzene rings is 6. The summed E-state index contributed by atoms with van der Waals surface area (Å²) < 4.78 is 9.13. The van der Waals surface area contributed by atoms with Gasteiger partial charge < -0.3 is 8.98 Å². The van der Waals surface area contributed by atoms with Gasteiger partial charge in [-0.3, -0.25) is 0 Å². The minimum atomic E-state index is 0.681. The molecule has 0 aliphatic heterocycles. The summed E-state index contributed by atoms with van der Waals surface area (Å²) in [6.45, 7) is 2.09. The molecule has 3 aromatic heterocycles. The maximum atomic E-state index is 6.78. The molecule has 3 heterocycles. The molecule has 0 bridgehead atoms. The molecule has 0 atom stereocenters. The van der Waals surface area contributed by atoms with Crippen LogP contribution in [0.25, 0.3) is 83.3 Å². The normalized spacial score (nSPS) is 11.7. The molecular formula is C41H27N3O. The first-order valence-corrected chi connectivity index (χ1v) is 15.2. The van der Waals surface area contributed by atoms with E-state index < -0.39 is 0 Å². The van der Waals surface area contributed by atoms with Crippen molar-refractivity contribution in [2.45, 2.75) is 6.92 Å². The molecule has 0 fully saturated rings. The van der Waals surface area contributed by atoms with E-state index in [1.54, 1.807) is 0 Å². The maximum absolute atomic E-state index is 6.78. The number of aromatic nitrogens is 3. The molecule has 0 aliphatic rings. The molecule has 0 saturated carbocycles. The second-order valence-corrected chi connectivity index (χ2v) is 11.5. The summed E-state index contributed by atoms with van der Waals surface area (Å²) in [6.07, 6.45) is 0. The first-order valence-electron chi connectivity index (χ1n) is 15.2. The van der Waals surface area contributed by atoms with Crippen LogP contribution < -0.4 is 0 Å². The molecule has 4 nitrogen and oxygen atoms in total. The average molecular weight is 578 g/mol. The van der Waals surface area contributed by atoms with Gasteiger partial charge in [0.1, 0.15) is 16.8 Å². The Hall–Kier alpha value is -6.00. The van der Waals surface area contributed by atoms with Gasteiger partial charge in [0, 0.05) is 38.5 Å². The lowest BCUT2D eigenvalue weighted by Gasteiger charge is -2.10. The third-order valence-electron chi connectivity index (χ3n) is 8.69. The standard InChI is InChI=1S/C41H27N3O/c1-26-21-23-27(24-22-26)37-40-38(43-41(42-37)28-11-3-2-4-12-28)34-18-10-17-31(39(34)45-40)29-13-9-14-30(25-29)44-35-19-7-5-15-32(35)33-16-6-8-20-36(33)44/h2-25H,1H3. The van der Waals surface area contributed by atoms with Gasteiger partial charge in [-0.05, 0) is 42.8 Å². The fraction of sp³-hybridized carbons (Fsp3) is 0.0244. The molecule has 0 amide bonds. The zero-order chi connectivity index (χ0) is 29.9. The molecule has 45 heavy (non-hydrogen) atoms. The number of aryl methyl sites for hydroxylation is 1. The van der Waals surface area contributed by atoms with Gasteiger partial charge in [0.15, 0.2) is 11.4 Å². The van der Waals surface area contributed by atoms with E-state index in [4.69, 9.17) is 14.4 Å². The van der Waals surface area contributed by atoms with E-state index >= 15 is 0 Å². The zero-order valence-corrected chi connectivity index (χ0v) is 24.6. The SMILES string of the molecule is Cc1ccc(-c2nc(-c3ccccc3)nc3c2oc2c(-c4cccc(-n5c6ccccc6c6ccccc65)c4)cccc23)cc1. The van der Waals surface area contributed by atoms with Crippen molar-refractivity contribution in [1.29, 1.82) is 0 Å². The van der Waals surface area contributed by atoms with Gasteiger partial charge in [-0.25, -0.2) is 9.97 Å². The number of furan rings is 1. The van der Waals surface area contributed by atoms with Gasteiger partial charge in [-0.2, -0.15) is 0 Å². The molecule has 9 aromatic rings. The average Bonchev–Trinajstić information content (AvgIpc) is 3.65. The predicted molar refractivity (Wildman–Crippen MR) is 185 cm³/mol. The summed E-state index contributed by atoms with van der Waals surface area (Å²) in [5.74, 6) is 0.681. The van der Waals surface area contributed by atoms with Crippen molar-refractivity contribution >= 4 is 43.9 Å². The molecule has 0 saturated heterocycles. The fourth-order valence-corrected chi connectivity index (χ4v) is 6.53. The lowest BCUT2D eigenvalue weighted by Crippen LogP contribution is -1.94. The van der Waals surface area contributed by atoms with Crippen molar-refractivity contribution in [2.24, 2.45) is 0 Å². The minimum Gasteiger partial charge on any atom is -0.451 e. The number of para-hydroxylation sites is 3. The van der Waals surface area contributed by atoms with Gasteiger partial charge in [0.2, 0.25) is 0 Å². The third kappa shape index (κ3) is 4.07. The lowest BCUT2D eigenvalue weighted by molar-refractivity contribution is 0.668. The van der Waals surface area contributed by atoms with Gasteiger partial charge in [0.25, 0.3) is 0 Å². The van der Waals surface area contributed by atoms with E-state index in [0.717, 1.165) is 50.1 Å². The smallest absolute Gasteiger partial charge is 0.180 e. The fourth-order valence-electron chi connectivity index (χ4n) is 6.53. The van der Waals surface area contributed by atoms with Crippen LogP contribution in [0.2, 0.25) is 0 Å². The van der Waals surface area contributed by atoms with Gasteiger partial charge >= 0.3 is 0 Å². The largest absolute Gasteiger partial charge is 0.451 e. The van der Waals surface area contributed by atoms with E-state index in [-0.39, 0.29) is 0 Å². The number of rotatable bonds is 4. The summed E-state index contributed by atoms with van der Waals surface area (Å²) in [5.41, 5.74) is 11.8. The number of hydrogen-bond donors (Lipinski definition) is 0. The predicted octanol–water partition coefficient (Wildman–Crippen LogP) is 10.8. The Balaban J connectivity index is 1.28. The molecule has 6 aromatic carbocycles. The first kappa shape index (κ1) is 25.5. The highest BCUT2D eigenvalue weighted by Crippen LogP contribution is 2.40. The van der Waals surface area contributed by atoms with Crippen LogP contribution in [-0.4, -0.2) is 14.5 Å². The van der Waals surface area contributed by atoms with Gasteiger partial charge in [0.05, 0.1) is 11.0 Å². The quantitative estimate of drug-likeness (QED) is 0.209. The van der Waals surface area contributed by atoms with E-state index in [1.165, 1.54) is 27.4 Å². The van der Waals surface area contributed by atoms with Crippen LogP contribution in [0.5, 0.6) is 0 Å². The van der Waals surface area contributed by atoms with Crippen LogP contribution >= 0.6 is 0 Å². The molecule has 0 spiro atoms. The van der Waals surface area contributed by atoms with Crippen LogP contribution in [-0.2, 0) is 0 Å². The molecule has 0 unspecified atom stereocenters. The van der Waals surface area contributed by atoms with Crippen molar-refractivity contribution in [3.63, 3.8) is 0 Å². The summed E-state index contributed by atoms with van der Waals surface area (Å²) in [7, 11) is 0. The molecule has 9 rings (SSSR count). The number of hydrogen-bond acceptors (Lipinski definition) is 3. The molecular weight excluding hydrogens is 550 g/mol. The van der Waals surface area contributed by atoms with Gasteiger partial charge in [-0.1, -0.05) is 121 Å². The van der Waals surface area contributed by atoms with Crippen LogP contribution in [0.1, 0.15) is 5.56 Å². The highest BCUT2D eigenvalue weighted by atomic mass is 16.3. The van der Waals surface area contributed by atoms with E-state index in [9.17, 15) is 0 Å². The topological polar surface area (TPSA) is 43.9 Å². The Kier molecular flexibility index (Phi) is 5.69. The highest BCUT2D eigenvalue weighted by molar-refractivity contribution is 6.12. The van der Waals surface area contributed by atoms with Crippen molar-refractivity contribution in [3.05, 3.63) is 151 Å². The van der Waals surface area contributed by atoms with Crippen molar-refractivity contribution in [2.75, 3.05) is 0 Å². The highest BCUT2D eigenvalue weighted by Gasteiger charge is 2.21. The van der Waals surface area contributed by atoms with Crippen LogP contribution in [0, 0.1) is 6.92 Å². The summed E-state index contributed by atoms with van der Waals surface area (Å²) in [4.78, 5) is 10.2. The molecule has 4 heteroatoms. The van der Waals surface area contributed by atoms with Crippen molar-refractivity contribution in [1.82, 2.24) is 14.5 Å². The Labute approximate surface area is 259 Å². The lowest BCUT2D eigenvalue weighted by atomic mass is 10.0. The first-order chi connectivity index (χ1) is 22.2. The molecule has 0 N–H and O–H groups in total. The van der Waals surface area contributed by atoms with Crippen LogP contribution in [0.4, 0.5) is 0 Å². The number of fused-ring (bicyclic) bond motifs is 6. The van der Waals surface area contributed by atoms with Crippen LogP contribution in [0.3, 0.4) is 0 Å². The summed E-state index contributed by atoms with van der Waals surface area (Å²) in [6, 6.07) is 50.8. The second-order valence-electron chi connectivity index (χ2n) is 11.5. The van der Waals surface area contributed by atoms with E-state index in [2.05, 4.69) is 127 Å². The summed E-state index contributed by atoms with van der Waals surface area (Å²) >= 11 is 0. The molecule has 212 valence electrons. The Morgan fingerprint density at radius 3 is 1.91 bits per heavy atom. The summed E-state index contributed by atoms with van der Waals surface area (Å²) in [5, 5.41) is 3.46. The second kappa shape index (κ2) is 10.0. The van der Waals surface area contributed by atoms with E-state index in [1.807, 2.05) is 30.3 Å². The molecule has 0 aliphatic carbocycles. The maximum Gasteiger partial charge on any atom is 0.180 e. The minimum absolute atomic E-state index is 0.681. The van der Waals surface area contributed by atoms with Crippen molar-refractivity contribution < 1.29 is 4.42 Å². The zero-order valence-electron chi connectivity index (χ0n) is 24.6. The monoisotopic (exact) mass is 577 g/mol. The van der Waals surface area contributed by atoms with Crippen molar-refractivity contribution in [3.8, 4) is 39.5 Å². The Bertz CT molecular complexity index is 2490. The van der Waals surface area contributed by atoms with Crippen LogP contribution in [0.15, 0.2) is 150 Å². The molecule has 0 radical (unpaired) electrons. The number of nitrogens with zero attached hydrogens (tertiary/aromatic N) is 3. The van der Waals surface area contributed by atoms with Gasteiger partial charge in [-0.15, -0.1) is 0 Å². The Morgan fingerprint density at radius 1 is 0.511 bits per heavy atom. The third-order valence-corrected chi connectivity index (χ3v) is 8.69. The Morgan fingerprint density at radius 2 is 1.16 bits per heavy atom. The van der Waals surface area contributed by atoms with E-state index in [0.29, 0.717) is 11.4 Å².